The van der Waals surface area contributed by atoms with Gasteiger partial charge < -0.3 is 5.32 Å². The van der Waals surface area contributed by atoms with Crippen molar-refractivity contribution < 1.29 is 0 Å². The van der Waals surface area contributed by atoms with Crippen molar-refractivity contribution in [2.24, 2.45) is 0 Å². The van der Waals surface area contributed by atoms with Crippen molar-refractivity contribution in [3.63, 3.8) is 0 Å². The van der Waals surface area contributed by atoms with Crippen molar-refractivity contribution in [2.45, 2.75) is 26.8 Å². The van der Waals surface area contributed by atoms with Crippen LogP contribution < -0.4 is 5.32 Å². The van der Waals surface area contributed by atoms with Crippen LogP contribution in [0.15, 0.2) is 12.1 Å². The van der Waals surface area contributed by atoms with Crippen LogP contribution in [0.4, 0.5) is 5.82 Å². The largest absolute Gasteiger partial charge is 0.365 e. The van der Waals surface area contributed by atoms with Gasteiger partial charge in [-0.3, -0.25) is 0 Å². The van der Waals surface area contributed by atoms with Crippen LogP contribution in [0.1, 0.15) is 23.2 Å². The standard InChI is InChI=1S/C12H13Cl2N3S/c1-3-10-16-11(14)7(2)12(17-10)15-6-8-4-5-9(13)18-8/h4-5H,3,6H2,1-2H3,(H,15,16,17). The highest BCUT2D eigenvalue weighted by atomic mass is 35.5. The number of nitrogens with zero attached hydrogens (tertiary/aromatic N) is 2. The zero-order valence-corrected chi connectivity index (χ0v) is 12.5. The number of anilines is 1. The number of thiophene rings is 1. The number of rotatable bonds is 4. The number of aromatic nitrogens is 2. The second-order valence-electron chi connectivity index (χ2n) is 3.82. The van der Waals surface area contributed by atoms with Gasteiger partial charge in [0.15, 0.2) is 0 Å². The summed E-state index contributed by atoms with van der Waals surface area (Å²) in [5.74, 6) is 1.54. The fourth-order valence-electron chi connectivity index (χ4n) is 1.48. The van der Waals surface area contributed by atoms with E-state index in [1.54, 1.807) is 11.3 Å². The minimum absolute atomic E-state index is 0.508. The minimum Gasteiger partial charge on any atom is -0.365 e. The lowest BCUT2D eigenvalue weighted by Gasteiger charge is -2.10. The molecule has 2 heterocycles. The smallest absolute Gasteiger partial charge is 0.137 e. The molecule has 2 aromatic rings. The molecule has 2 aromatic heterocycles. The average Bonchev–Trinajstić information content (AvgIpc) is 2.77. The first-order valence-corrected chi connectivity index (χ1v) is 7.18. The van der Waals surface area contributed by atoms with Gasteiger partial charge in [-0.05, 0) is 19.1 Å². The Morgan fingerprint density at radius 2 is 2.06 bits per heavy atom. The maximum atomic E-state index is 6.07. The molecule has 3 nitrogen and oxygen atoms in total. The van der Waals surface area contributed by atoms with Crippen molar-refractivity contribution in [1.29, 1.82) is 0 Å². The van der Waals surface area contributed by atoms with Crippen molar-refractivity contribution in [3.8, 4) is 0 Å². The van der Waals surface area contributed by atoms with E-state index in [1.165, 1.54) is 0 Å². The number of hydrogen-bond acceptors (Lipinski definition) is 4. The Bertz CT molecular complexity index is 554. The normalized spacial score (nSPS) is 10.7. The van der Waals surface area contributed by atoms with E-state index >= 15 is 0 Å². The first kappa shape index (κ1) is 13.6. The summed E-state index contributed by atoms with van der Waals surface area (Å²) in [6, 6.07) is 3.89. The van der Waals surface area contributed by atoms with E-state index in [2.05, 4.69) is 15.3 Å². The predicted molar refractivity (Wildman–Crippen MR) is 77.8 cm³/mol. The van der Waals surface area contributed by atoms with Gasteiger partial charge in [0.1, 0.15) is 16.8 Å². The lowest BCUT2D eigenvalue weighted by atomic mass is 10.3. The molecule has 0 spiro atoms. The van der Waals surface area contributed by atoms with Gasteiger partial charge in [-0.1, -0.05) is 30.1 Å². The second kappa shape index (κ2) is 5.87. The monoisotopic (exact) mass is 301 g/mol. The molecule has 0 saturated heterocycles. The van der Waals surface area contributed by atoms with E-state index in [0.717, 1.165) is 32.8 Å². The number of aryl methyl sites for hydroxylation is 1. The Hall–Kier alpha value is -0.840. The van der Waals surface area contributed by atoms with Crippen LogP contribution in [0.2, 0.25) is 9.49 Å². The highest BCUT2D eigenvalue weighted by Gasteiger charge is 2.08. The zero-order chi connectivity index (χ0) is 13.1. The molecule has 0 fully saturated rings. The molecule has 6 heteroatoms. The number of halogens is 2. The first-order valence-electron chi connectivity index (χ1n) is 5.61. The Kier molecular flexibility index (Phi) is 4.43. The SMILES string of the molecule is CCc1nc(Cl)c(C)c(NCc2ccc(Cl)s2)n1. The van der Waals surface area contributed by atoms with Gasteiger partial charge in [-0.25, -0.2) is 9.97 Å². The van der Waals surface area contributed by atoms with Crippen LogP contribution in [0.3, 0.4) is 0 Å². The number of nitrogens with one attached hydrogen (secondary N) is 1. The van der Waals surface area contributed by atoms with Crippen molar-refractivity contribution in [1.82, 2.24) is 9.97 Å². The molecule has 0 aliphatic heterocycles. The fourth-order valence-corrected chi connectivity index (χ4v) is 2.69. The molecule has 0 aromatic carbocycles. The van der Waals surface area contributed by atoms with Gasteiger partial charge >= 0.3 is 0 Å². The van der Waals surface area contributed by atoms with Crippen LogP contribution in [0.5, 0.6) is 0 Å². The summed E-state index contributed by atoms with van der Waals surface area (Å²) in [5.41, 5.74) is 0.872. The molecule has 0 amide bonds. The van der Waals surface area contributed by atoms with Gasteiger partial charge in [0.05, 0.1) is 10.9 Å². The topological polar surface area (TPSA) is 37.8 Å². The molecule has 1 N–H and O–H groups in total. The minimum atomic E-state index is 0.508. The third-order valence-electron chi connectivity index (χ3n) is 2.51. The van der Waals surface area contributed by atoms with E-state index in [-0.39, 0.29) is 0 Å². The van der Waals surface area contributed by atoms with Crippen LogP contribution >= 0.6 is 34.5 Å². The van der Waals surface area contributed by atoms with E-state index < -0.39 is 0 Å². The highest BCUT2D eigenvalue weighted by molar-refractivity contribution is 7.16. The summed E-state index contributed by atoms with van der Waals surface area (Å²) in [6.45, 7) is 4.60. The Labute approximate surface area is 120 Å². The quantitative estimate of drug-likeness (QED) is 0.854. The molecule has 0 saturated carbocycles. The Balaban J connectivity index is 2.15. The predicted octanol–water partition coefficient (Wildman–Crippen LogP) is 4.33. The summed E-state index contributed by atoms with van der Waals surface area (Å²) >= 11 is 13.5. The van der Waals surface area contributed by atoms with Crippen molar-refractivity contribution in [3.05, 3.63) is 37.9 Å². The van der Waals surface area contributed by atoms with Crippen molar-refractivity contribution >= 4 is 40.4 Å². The van der Waals surface area contributed by atoms with Gasteiger partial charge in [-0.2, -0.15) is 0 Å². The third-order valence-corrected chi connectivity index (χ3v) is 4.11. The second-order valence-corrected chi connectivity index (χ2v) is 5.97. The molecule has 0 radical (unpaired) electrons. The molecular weight excluding hydrogens is 289 g/mol. The fraction of sp³-hybridized carbons (Fsp3) is 0.333. The van der Waals surface area contributed by atoms with Crippen LogP contribution in [0, 0.1) is 6.92 Å². The summed E-state index contributed by atoms with van der Waals surface area (Å²) in [4.78, 5) is 9.80. The molecule has 0 aliphatic rings. The molecule has 0 atom stereocenters. The lowest BCUT2D eigenvalue weighted by molar-refractivity contribution is 0.924. The molecule has 0 bridgehead atoms. The zero-order valence-electron chi connectivity index (χ0n) is 10.1. The van der Waals surface area contributed by atoms with Gasteiger partial charge in [0.25, 0.3) is 0 Å². The summed E-state index contributed by atoms with van der Waals surface area (Å²) in [5, 5.41) is 3.78. The van der Waals surface area contributed by atoms with Crippen LogP contribution in [-0.2, 0) is 13.0 Å². The molecule has 0 aliphatic carbocycles. The maximum Gasteiger partial charge on any atom is 0.137 e. The lowest BCUT2D eigenvalue weighted by Crippen LogP contribution is -2.06. The maximum absolute atomic E-state index is 6.07. The first-order chi connectivity index (χ1) is 8.60. The summed E-state index contributed by atoms with van der Waals surface area (Å²) < 4.78 is 0.790. The molecule has 18 heavy (non-hydrogen) atoms. The van der Waals surface area contributed by atoms with Crippen LogP contribution in [-0.4, -0.2) is 9.97 Å². The summed E-state index contributed by atoms with van der Waals surface area (Å²) in [7, 11) is 0. The molecule has 96 valence electrons. The van der Waals surface area contributed by atoms with E-state index in [1.807, 2.05) is 26.0 Å². The summed E-state index contributed by atoms with van der Waals surface area (Å²) in [6.07, 6.45) is 0.763. The highest BCUT2D eigenvalue weighted by Crippen LogP contribution is 2.24. The van der Waals surface area contributed by atoms with Crippen molar-refractivity contribution in [2.75, 3.05) is 5.32 Å². The van der Waals surface area contributed by atoms with Gasteiger partial charge in [0, 0.05) is 16.9 Å². The van der Waals surface area contributed by atoms with Gasteiger partial charge in [-0.15, -0.1) is 11.3 Å². The molecule has 0 unspecified atom stereocenters. The third kappa shape index (κ3) is 3.13. The Morgan fingerprint density at radius 1 is 1.28 bits per heavy atom. The average molecular weight is 302 g/mol. The molecular formula is C12H13Cl2N3S. The van der Waals surface area contributed by atoms with Crippen LogP contribution in [0.25, 0.3) is 0 Å². The Morgan fingerprint density at radius 3 is 2.67 bits per heavy atom. The molecule has 2 rings (SSSR count). The van der Waals surface area contributed by atoms with E-state index in [9.17, 15) is 0 Å². The van der Waals surface area contributed by atoms with E-state index in [0.29, 0.717) is 11.7 Å². The number of hydrogen-bond donors (Lipinski definition) is 1. The van der Waals surface area contributed by atoms with E-state index in [4.69, 9.17) is 23.2 Å². The van der Waals surface area contributed by atoms with Gasteiger partial charge in [0.2, 0.25) is 0 Å².